The molecule has 0 spiro atoms. The van der Waals surface area contributed by atoms with Crippen LogP contribution in [0.25, 0.3) is 32.9 Å². The lowest BCUT2D eigenvalue weighted by Crippen LogP contribution is -2.45. The SMILES string of the molecule is Nc1ccc2c(c1)c(-c1ccccc1)[n+](CCCN1CCNCC1)c1cc(N)ccc21. The zero-order valence-corrected chi connectivity index (χ0v) is 17.8. The van der Waals surface area contributed by atoms with Crippen molar-refractivity contribution >= 4 is 33.1 Å². The fourth-order valence-corrected chi connectivity index (χ4v) is 4.79. The Bertz CT molecular complexity index is 1210. The number of piperazine rings is 1. The summed E-state index contributed by atoms with van der Waals surface area (Å²) >= 11 is 0. The highest BCUT2D eigenvalue weighted by Crippen LogP contribution is 2.33. The minimum atomic E-state index is 0.784. The molecule has 0 atom stereocenters. The van der Waals surface area contributed by atoms with Gasteiger partial charge in [0.05, 0.1) is 10.8 Å². The van der Waals surface area contributed by atoms with Gasteiger partial charge in [0.2, 0.25) is 11.2 Å². The molecule has 0 radical (unpaired) electrons. The average molecular weight is 413 g/mol. The molecule has 5 heteroatoms. The number of benzene rings is 3. The minimum absolute atomic E-state index is 0.784. The van der Waals surface area contributed by atoms with Gasteiger partial charge in [-0.15, -0.1) is 0 Å². The monoisotopic (exact) mass is 412 g/mol. The van der Waals surface area contributed by atoms with Gasteiger partial charge >= 0.3 is 0 Å². The molecule has 0 bridgehead atoms. The van der Waals surface area contributed by atoms with Crippen LogP contribution in [0.1, 0.15) is 6.42 Å². The van der Waals surface area contributed by atoms with E-state index in [-0.39, 0.29) is 0 Å². The fourth-order valence-electron chi connectivity index (χ4n) is 4.79. The summed E-state index contributed by atoms with van der Waals surface area (Å²) in [5.74, 6) is 0. The number of anilines is 2. The molecular formula is C26H30N5+. The number of hydrogen-bond acceptors (Lipinski definition) is 4. The smallest absolute Gasteiger partial charge is 0.220 e. The second-order valence-corrected chi connectivity index (χ2v) is 8.39. The number of hydrogen-bond donors (Lipinski definition) is 3. The van der Waals surface area contributed by atoms with Gasteiger partial charge in [0.15, 0.2) is 6.54 Å². The first kappa shape index (κ1) is 19.8. The van der Waals surface area contributed by atoms with E-state index in [1.165, 1.54) is 32.9 Å². The average Bonchev–Trinajstić information content (AvgIpc) is 2.80. The Morgan fingerprint density at radius 1 is 0.806 bits per heavy atom. The van der Waals surface area contributed by atoms with Crippen LogP contribution in [0, 0.1) is 0 Å². The third-order valence-electron chi connectivity index (χ3n) is 6.28. The number of nitrogens with one attached hydrogen (secondary N) is 1. The van der Waals surface area contributed by atoms with Crippen molar-refractivity contribution in [2.24, 2.45) is 0 Å². The number of nitrogen functional groups attached to an aromatic ring is 2. The van der Waals surface area contributed by atoms with Crippen molar-refractivity contribution in [2.45, 2.75) is 13.0 Å². The first-order chi connectivity index (χ1) is 15.2. The summed E-state index contributed by atoms with van der Waals surface area (Å²) in [6.45, 7) is 6.44. The quantitative estimate of drug-likeness (QED) is 0.267. The van der Waals surface area contributed by atoms with E-state index in [0.717, 1.165) is 57.1 Å². The molecule has 0 amide bonds. The third kappa shape index (κ3) is 3.94. The number of nitrogens with zero attached hydrogens (tertiary/aromatic N) is 2. The van der Waals surface area contributed by atoms with Gasteiger partial charge in [-0.05, 0) is 36.4 Å². The molecule has 0 aliphatic carbocycles. The summed E-state index contributed by atoms with van der Waals surface area (Å²) in [7, 11) is 0. The Balaban J connectivity index is 1.68. The molecule has 5 N–H and O–H groups in total. The second kappa shape index (κ2) is 8.53. The predicted molar refractivity (Wildman–Crippen MR) is 130 cm³/mol. The van der Waals surface area contributed by atoms with E-state index in [4.69, 9.17) is 11.5 Å². The molecule has 5 rings (SSSR count). The van der Waals surface area contributed by atoms with Crippen molar-refractivity contribution in [1.29, 1.82) is 0 Å². The van der Waals surface area contributed by atoms with Crippen LogP contribution in [0.15, 0.2) is 66.7 Å². The Hall–Kier alpha value is -3.15. The normalized spacial score (nSPS) is 15.0. The van der Waals surface area contributed by atoms with Gasteiger partial charge in [-0.1, -0.05) is 24.3 Å². The molecular weight excluding hydrogens is 382 g/mol. The molecule has 1 saturated heterocycles. The Morgan fingerprint density at radius 3 is 2.29 bits per heavy atom. The van der Waals surface area contributed by atoms with Crippen LogP contribution in [-0.2, 0) is 6.54 Å². The van der Waals surface area contributed by atoms with Crippen molar-refractivity contribution in [3.8, 4) is 11.3 Å². The summed E-state index contributed by atoms with van der Waals surface area (Å²) in [6.07, 6.45) is 1.09. The van der Waals surface area contributed by atoms with Gasteiger partial charge in [0.25, 0.3) is 0 Å². The van der Waals surface area contributed by atoms with E-state index in [2.05, 4.69) is 69.4 Å². The van der Waals surface area contributed by atoms with Crippen LogP contribution in [0.4, 0.5) is 11.4 Å². The van der Waals surface area contributed by atoms with Crippen LogP contribution < -0.4 is 21.4 Å². The topological polar surface area (TPSA) is 71.2 Å². The van der Waals surface area contributed by atoms with Crippen molar-refractivity contribution in [2.75, 3.05) is 44.2 Å². The molecule has 158 valence electrons. The Morgan fingerprint density at radius 2 is 1.52 bits per heavy atom. The highest BCUT2D eigenvalue weighted by Gasteiger charge is 2.24. The van der Waals surface area contributed by atoms with E-state index >= 15 is 0 Å². The summed E-state index contributed by atoms with van der Waals surface area (Å²) < 4.78 is 2.45. The van der Waals surface area contributed by atoms with E-state index < -0.39 is 0 Å². The zero-order chi connectivity index (χ0) is 21.2. The van der Waals surface area contributed by atoms with E-state index in [1.54, 1.807) is 0 Å². The van der Waals surface area contributed by atoms with E-state index in [1.807, 2.05) is 12.1 Å². The second-order valence-electron chi connectivity index (χ2n) is 8.39. The molecule has 1 aromatic heterocycles. The molecule has 2 heterocycles. The number of nitrogens with two attached hydrogens (primary N) is 2. The molecule has 1 fully saturated rings. The molecule has 0 saturated carbocycles. The molecule has 0 unspecified atom stereocenters. The Labute approximate surface area is 183 Å². The van der Waals surface area contributed by atoms with Crippen LogP contribution in [0.2, 0.25) is 0 Å². The van der Waals surface area contributed by atoms with Gasteiger partial charge < -0.3 is 21.7 Å². The third-order valence-corrected chi connectivity index (χ3v) is 6.28. The zero-order valence-electron chi connectivity index (χ0n) is 17.8. The van der Waals surface area contributed by atoms with Crippen LogP contribution in [0.5, 0.6) is 0 Å². The Kier molecular flexibility index (Phi) is 5.45. The van der Waals surface area contributed by atoms with Crippen LogP contribution >= 0.6 is 0 Å². The summed E-state index contributed by atoms with van der Waals surface area (Å²) in [6, 6.07) is 23.1. The van der Waals surface area contributed by atoms with E-state index in [9.17, 15) is 0 Å². The molecule has 1 aliphatic rings. The molecule has 5 nitrogen and oxygen atoms in total. The van der Waals surface area contributed by atoms with Crippen molar-refractivity contribution < 1.29 is 4.57 Å². The fraction of sp³-hybridized carbons (Fsp3) is 0.269. The maximum Gasteiger partial charge on any atom is 0.220 e. The lowest BCUT2D eigenvalue weighted by atomic mass is 9.98. The maximum absolute atomic E-state index is 6.25. The van der Waals surface area contributed by atoms with Gasteiger partial charge in [0.1, 0.15) is 0 Å². The molecule has 4 aromatic rings. The largest absolute Gasteiger partial charge is 0.399 e. The van der Waals surface area contributed by atoms with Crippen molar-refractivity contribution in [1.82, 2.24) is 10.2 Å². The predicted octanol–water partition coefficient (Wildman–Crippen LogP) is 3.41. The van der Waals surface area contributed by atoms with Gasteiger partial charge in [-0.2, -0.15) is 4.57 Å². The molecule has 31 heavy (non-hydrogen) atoms. The number of pyridine rings is 1. The first-order valence-electron chi connectivity index (χ1n) is 11.1. The number of rotatable bonds is 5. The number of aryl methyl sites for hydroxylation is 1. The summed E-state index contributed by atoms with van der Waals surface area (Å²) in [4.78, 5) is 2.55. The highest BCUT2D eigenvalue weighted by molar-refractivity contribution is 6.10. The lowest BCUT2D eigenvalue weighted by Gasteiger charge is -2.26. The maximum atomic E-state index is 6.25. The van der Waals surface area contributed by atoms with Gasteiger partial charge in [-0.3, -0.25) is 0 Å². The standard InChI is InChI=1S/C26H29N5/c27-20-7-9-22-23-10-8-21(28)18-25(23)31(14-4-13-30-15-11-29-12-16-30)26(24(22)17-20)19-5-2-1-3-6-19/h1-3,5-10,17-18,28-29H,4,11-16,27H2/p+1. The van der Waals surface area contributed by atoms with E-state index in [0.29, 0.717) is 0 Å². The van der Waals surface area contributed by atoms with Gasteiger partial charge in [-0.25, -0.2) is 0 Å². The van der Waals surface area contributed by atoms with Crippen LogP contribution in [-0.4, -0.2) is 37.6 Å². The number of aromatic nitrogens is 1. The van der Waals surface area contributed by atoms with Crippen molar-refractivity contribution in [3.05, 3.63) is 66.7 Å². The van der Waals surface area contributed by atoms with Crippen molar-refractivity contribution in [3.63, 3.8) is 0 Å². The summed E-state index contributed by atoms with van der Waals surface area (Å²) in [5.41, 5.74) is 17.7. The highest BCUT2D eigenvalue weighted by atomic mass is 15.2. The molecule has 1 aliphatic heterocycles. The van der Waals surface area contributed by atoms with Gasteiger partial charge in [0, 0.05) is 67.5 Å². The molecule has 3 aromatic carbocycles. The summed E-state index contributed by atoms with van der Waals surface area (Å²) in [5, 5.41) is 7.05. The lowest BCUT2D eigenvalue weighted by molar-refractivity contribution is -0.659. The number of fused-ring (bicyclic) bond motifs is 3. The first-order valence-corrected chi connectivity index (χ1v) is 11.1. The minimum Gasteiger partial charge on any atom is -0.399 e. The van der Waals surface area contributed by atoms with Crippen LogP contribution in [0.3, 0.4) is 0 Å².